The van der Waals surface area contributed by atoms with Crippen molar-refractivity contribution in [1.29, 1.82) is 0 Å². The Hall–Kier alpha value is -1.47. The van der Waals surface area contributed by atoms with Crippen LogP contribution < -0.4 is 5.43 Å². The molecule has 0 aliphatic rings. The molecule has 1 aromatic heterocycles. The number of aromatic amines is 1. The number of carbonyl (C=O) groups is 1. The molecule has 92 valence electrons. The van der Waals surface area contributed by atoms with Gasteiger partial charge in [-0.15, -0.1) is 0 Å². The number of amides is 1. The van der Waals surface area contributed by atoms with Crippen LogP contribution in [0.2, 0.25) is 0 Å². The van der Waals surface area contributed by atoms with Gasteiger partial charge < -0.3 is 0 Å². The average Bonchev–Trinajstić information content (AvgIpc) is 2.78. The van der Waals surface area contributed by atoms with Gasteiger partial charge in [-0.2, -0.15) is 10.2 Å². The lowest BCUT2D eigenvalue weighted by Crippen LogP contribution is -2.18. The maximum Gasteiger partial charge on any atom is 0.290 e. The first-order valence-electron chi connectivity index (χ1n) is 4.94. The lowest BCUT2D eigenvalue weighted by molar-refractivity contribution is 0.0949. The van der Waals surface area contributed by atoms with Crippen molar-refractivity contribution in [3.05, 3.63) is 50.7 Å². The summed E-state index contributed by atoms with van der Waals surface area (Å²) in [5.74, 6) is -0.354. The van der Waals surface area contributed by atoms with Crippen LogP contribution >= 0.6 is 31.9 Å². The van der Waals surface area contributed by atoms with E-state index in [2.05, 4.69) is 52.6 Å². The van der Waals surface area contributed by atoms with Gasteiger partial charge in [-0.25, -0.2) is 5.43 Å². The summed E-state index contributed by atoms with van der Waals surface area (Å²) in [5, 5.41) is 10.2. The second-order valence-corrected chi connectivity index (χ2v) is 5.11. The van der Waals surface area contributed by atoms with Gasteiger partial charge in [-0.05, 0) is 33.6 Å². The Bertz CT molecular complexity index is 577. The predicted octanol–water partition coefficient (Wildman–Crippen LogP) is 2.70. The molecule has 0 atom stereocenters. The number of hydrazone groups is 1. The fourth-order valence-electron chi connectivity index (χ4n) is 1.20. The van der Waals surface area contributed by atoms with Crippen LogP contribution in [0.4, 0.5) is 0 Å². The number of rotatable bonds is 3. The van der Waals surface area contributed by atoms with Crippen molar-refractivity contribution >= 4 is 44.0 Å². The molecule has 0 spiro atoms. The average molecular weight is 372 g/mol. The molecule has 0 radical (unpaired) electrons. The zero-order valence-corrected chi connectivity index (χ0v) is 12.2. The summed E-state index contributed by atoms with van der Waals surface area (Å²) >= 11 is 6.54. The van der Waals surface area contributed by atoms with Crippen molar-refractivity contribution in [1.82, 2.24) is 15.6 Å². The molecule has 0 saturated heterocycles. The number of carbonyl (C=O) groups excluding carboxylic acids is 1. The molecular weight excluding hydrogens is 364 g/mol. The lowest BCUT2D eigenvalue weighted by atomic mass is 10.2. The third-order valence-corrected chi connectivity index (χ3v) is 3.20. The Morgan fingerprint density at radius 2 is 2.06 bits per heavy atom. The summed E-state index contributed by atoms with van der Waals surface area (Å²) in [6, 6.07) is 7.56. The predicted molar refractivity (Wildman–Crippen MR) is 75.5 cm³/mol. The lowest BCUT2D eigenvalue weighted by Gasteiger charge is -1.97. The summed E-state index contributed by atoms with van der Waals surface area (Å²) in [7, 11) is 0. The van der Waals surface area contributed by atoms with Gasteiger partial charge in [0.2, 0.25) is 0 Å². The molecule has 2 N–H and O–H groups in total. The van der Waals surface area contributed by atoms with Gasteiger partial charge in [0, 0.05) is 4.47 Å². The van der Waals surface area contributed by atoms with E-state index >= 15 is 0 Å². The molecule has 0 bridgehead atoms. The fourth-order valence-corrected chi connectivity index (χ4v) is 1.84. The summed E-state index contributed by atoms with van der Waals surface area (Å²) in [5.41, 5.74) is 3.63. The highest BCUT2D eigenvalue weighted by atomic mass is 79.9. The topological polar surface area (TPSA) is 70.1 Å². The summed E-state index contributed by atoms with van der Waals surface area (Å²) in [6.45, 7) is 0. The van der Waals surface area contributed by atoms with Gasteiger partial charge in [0.15, 0.2) is 0 Å². The van der Waals surface area contributed by atoms with Gasteiger partial charge in [-0.1, -0.05) is 28.1 Å². The van der Waals surface area contributed by atoms with Crippen LogP contribution in [0.15, 0.2) is 44.5 Å². The Morgan fingerprint density at radius 3 is 2.67 bits per heavy atom. The van der Waals surface area contributed by atoms with E-state index in [1.807, 2.05) is 24.3 Å². The standard InChI is InChI=1S/C11H8Br2N4O/c12-8-3-1-7(2-4-8)5-14-17-11(18)10-9(13)6-15-16-10/h1-6H,(H,15,16)(H,17,18). The third kappa shape index (κ3) is 3.27. The highest BCUT2D eigenvalue weighted by molar-refractivity contribution is 9.10. The molecule has 0 fully saturated rings. The van der Waals surface area contributed by atoms with Gasteiger partial charge in [0.1, 0.15) is 5.69 Å². The Kier molecular flexibility index (Phi) is 4.27. The van der Waals surface area contributed by atoms with Crippen LogP contribution in [-0.2, 0) is 0 Å². The van der Waals surface area contributed by atoms with Crippen molar-refractivity contribution in [3.63, 3.8) is 0 Å². The number of hydrogen-bond acceptors (Lipinski definition) is 3. The van der Waals surface area contributed by atoms with Crippen LogP contribution in [-0.4, -0.2) is 22.3 Å². The number of aromatic nitrogens is 2. The van der Waals surface area contributed by atoms with E-state index in [4.69, 9.17) is 0 Å². The van der Waals surface area contributed by atoms with Crippen molar-refractivity contribution < 1.29 is 4.79 Å². The Morgan fingerprint density at radius 1 is 1.33 bits per heavy atom. The highest BCUT2D eigenvalue weighted by Crippen LogP contribution is 2.12. The molecule has 0 unspecified atom stereocenters. The molecule has 7 heteroatoms. The normalized spacial score (nSPS) is 10.8. The van der Waals surface area contributed by atoms with Crippen LogP contribution in [0.1, 0.15) is 16.1 Å². The first kappa shape index (κ1) is 13.0. The SMILES string of the molecule is O=C(NN=Cc1ccc(Br)cc1)c1[nH]ncc1Br. The minimum atomic E-state index is -0.354. The van der Waals surface area contributed by atoms with Crippen molar-refractivity contribution in [2.45, 2.75) is 0 Å². The Balaban J connectivity index is 1.98. The van der Waals surface area contributed by atoms with Gasteiger partial charge in [0.25, 0.3) is 5.91 Å². The number of H-pyrrole nitrogens is 1. The van der Waals surface area contributed by atoms with E-state index in [0.29, 0.717) is 10.2 Å². The molecule has 5 nitrogen and oxygen atoms in total. The first-order valence-corrected chi connectivity index (χ1v) is 6.53. The number of halogens is 2. The van der Waals surface area contributed by atoms with Crippen LogP contribution in [0.3, 0.4) is 0 Å². The van der Waals surface area contributed by atoms with E-state index < -0.39 is 0 Å². The van der Waals surface area contributed by atoms with Crippen molar-refractivity contribution in [2.24, 2.45) is 5.10 Å². The molecule has 0 aliphatic carbocycles. The van der Waals surface area contributed by atoms with Gasteiger partial charge in [-0.3, -0.25) is 9.89 Å². The Labute approximate surface area is 120 Å². The summed E-state index contributed by atoms with van der Waals surface area (Å²) < 4.78 is 1.59. The largest absolute Gasteiger partial charge is 0.290 e. The molecule has 1 aromatic carbocycles. The van der Waals surface area contributed by atoms with E-state index in [1.165, 1.54) is 6.20 Å². The van der Waals surface area contributed by atoms with E-state index in [1.54, 1.807) is 6.21 Å². The monoisotopic (exact) mass is 370 g/mol. The minimum absolute atomic E-state index is 0.336. The first-order chi connectivity index (χ1) is 8.66. The second-order valence-electron chi connectivity index (χ2n) is 3.34. The van der Waals surface area contributed by atoms with Crippen molar-refractivity contribution in [2.75, 3.05) is 0 Å². The van der Waals surface area contributed by atoms with Crippen LogP contribution in [0.5, 0.6) is 0 Å². The molecular formula is C11H8Br2N4O. The zero-order chi connectivity index (χ0) is 13.0. The van der Waals surface area contributed by atoms with E-state index in [9.17, 15) is 4.79 Å². The zero-order valence-electron chi connectivity index (χ0n) is 9.02. The van der Waals surface area contributed by atoms with Gasteiger partial charge >= 0.3 is 0 Å². The minimum Gasteiger partial charge on any atom is -0.272 e. The number of hydrogen-bond donors (Lipinski definition) is 2. The smallest absolute Gasteiger partial charge is 0.272 e. The molecule has 0 saturated carbocycles. The summed E-state index contributed by atoms with van der Waals surface area (Å²) in [4.78, 5) is 11.6. The highest BCUT2D eigenvalue weighted by Gasteiger charge is 2.10. The van der Waals surface area contributed by atoms with Crippen molar-refractivity contribution in [3.8, 4) is 0 Å². The molecule has 18 heavy (non-hydrogen) atoms. The van der Waals surface area contributed by atoms with Crippen LogP contribution in [0.25, 0.3) is 0 Å². The molecule has 0 aliphatic heterocycles. The quantitative estimate of drug-likeness (QED) is 0.643. The van der Waals surface area contributed by atoms with Crippen LogP contribution in [0, 0.1) is 0 Å². The fraction of sp³-hybridized carbons (Fsp3) is 0. The summed E-state index contributed by atoms with van der Waals surface area (Å²) in [6.07, 6.45) is 3.07. The third-order valence-electron chi connectivity index (χ3n) is 2.07. The maximum absolute atomic E-state index is 11.6. The maximum atomic E-state index is 11.6. The number of benzene rings is 1. The molecule has 1 amide bonds. The van der Waals surface area contributed by atoms with Gasteiger partial charge in [0.05, 0.1) is 16.9 Å². The molecule has 2 rings (SSSR count). The van der Waals surface area contributed by atoms with E-state index in [-0.39, 0.29) is 5.91 Å². The van der Waals surface area contributed by atoms with E-state index in [0.717, 1.165) is 10.0 Å². The number of nitrogens with zero attached hydrogens (tertiary/aromatic N) is 2. The number of nitrogens with one attached hydrogen (secondary N) is 2. The second kappa shape index (κ2) is 5.92. The molecule has 1 heterocycles. The molecule has 2 aromatic rings.